The summed E-state index contributed by atoms with van der Waals surface area (Å²) >= 11 is 0. The van der Waals surface area contributed by atoms with Crippen molar-refractivity contribution in [2.75, 3.05) is 13.2 Å². The Morgan fingerprint density at radius 2 is 1.09 bits per heavy atom. The molecule has 8 N–H and O–H groups in total. The van der Waals surface area contributed by atoms with Crippen LogP contribution in [0.1, 0.15) is 187 Å². The Labute approximate surface area is 340 Å². The fourth-order valence-corrected chi connectivity index (χ4v) is 7.18. The number of allylic oxidation sites excluding steroid dienone is 4. The number of hydrogen-bond acceptors (Lipinski definition) is 10. The predicted molar refractivity (Wildman–Crippen MR) is 224 cm³/mol. The molecule has 0 saturated carbocycles. The Morgan fingerprint density at radius 1 is 0.625 bits per heavy atom. The third-order valence-electron chi connectivity index (χ3n) is 11.0. The molecule has 56 heavy (non-hydrogen) atoms. The Hall–Kier alpha value is -1.41. The highest BCUT2D eigenvalue weighted by atomic mass is 16.7. The molecule has 0 spiro atoms. The van der Waals surface area contributed by atoms with Crippen molar-refractivity contribution in [3.05, 3.63) is 24.3 Å². The van der Waals surface area contributed by atoms with Crippen molar-refractivity contribution in [2.45, 2.75) is 242 Å². The summed E-state index contributed by atoms with van der Waals surface area (Å²) in [5, 5.41) is 75.6. The summed E-state index contributed by atoms with van der Waals surface area (Å²) in [6.07, 6.45) is 26.4. The Morgan fingerprint density at radius 3 is 1.62 bits per heavy atom. The van der Waals surface area contributed by atoms with Crippen LogP contribution in [-0.2, 0) is 14.3 Å². The lowest BCUT2D eigenvalue weighted by Crippen LogP contribution is -2.60. The van der Waals surface area contributed by atoms with Crippen molar-refractivity contribution < 1.29 is 50.0 Å². The van der Waals surface area contributed by atoms with E-state index in [1.165, 1.54) is 83.5 Å². The number of hydrogen-bond donors (Lipinski definition) is 8. The zero-order chi connectivity index (χ0) is 41.2. The smallest absolute Gasteiger partial charge is 0.249 e. The van der Waals surface area contributed by atoms with Gasteiger partial charge < -0.3 is 50.5 Å². The number of amides is 1. The zero-order valence-corrected chi connectivity index (χ0v) is 35.4. The molecular formula is C45H85NO10. The summed E-state index contributed by atoms with van der Waals surface area (Å²) in [5.41, 5.74) is 0. The number of nitrogens with one attached hydrogen (secondary N) is 1. The average Bonchev–Trinajstić information content (AvgIpc) is 3.20. The van der Waals surface area contributed by atoms with E-state index in [9.17, 15) is 40.5 Å². The monoisotopic (exact) mass is 800 g/mol. The van der Waals surface area contributed by atoms with Crippen molar-refractivity contribution in [2.24, 2.45) is 0 Å². The number of unbranched alkanes of at least 4 members (excludes halogenated alkanes) is 21. The standard InChI is InChI=1S/C45H85NO10/c1-3-5-7-9-11-13-15-17-18-19-21-23-25-27-29-31-33-38(49)44(54)46-36(35-55-45-43(53)42(52)41(51)39(34-47)56-45)40(50)37(48)32-30-28-26-24-22-20-16-14-12-10-8-6-4-2/h11,13,17-18,36-43,45,47-53H,3-10,12,14-16,19-35H2,1-2H3,(H,46,54)/b13-11-,18-17-. The van der Waals surface area contributed by atoms with Gasteiger partial charge in [-0.15, -0.1) is 0 Å². The molecule has 0 aromatic heterocycles. The molecule has 0 aliphatic carbocycles. The quantitative estimate of drug-likeness (QED) is 0.0239. The minimum absolute atomic E-state index is 0.248. The first-order valence-electron chi connectivity index (χ1n) is 22.7. The Bertz CT molecular complexity index is 965. The molecule has 1 fully saturated rings. The van der Waals surface area contributed by atoms with E-state index in [1.807, 2.05) is 0 Å². The van der Waals surface area contributed by atoms with Gasteiger partial charge in [-0.3, -0.25) is 4.79 Å². The van der Waals surface area contributed by atoms with Crippen LogP contribution in [0.15, 0.2) is 24.3 Å². The predicted octanol–water partition coefficient (Wildman–Crippen LogP) is 7.06. The van der Waals surface area contributed by atoms with Gasteiger partial charge in [-0.25, -0.2) is 0 Å². The van der Waals surface area contributed by atoms with Crippen molar-refractivity contribution in [1.29, 1.82) is 0 Å². The Balaban J connectivity index is 2.48. The van der Waals surface area contributed by atoms with Gasteiger partial charge in [-0.05, 0) is 44.9 Å². The van der Waals surface area contributed by atoms with Gasteiger partial charge in [-0.2, -0.15) is 0 Å². The molecule has 0 radical (unpaired) electrons. The number of aliphatic hydroxyl groups excluding tert-OH is 7. The lowest BCUT2D eigenvalue weighted by Gasteiger charge is -2.40. The summed E-state index contributed by atoms with van der Waals surface area (Å²) in [4.78, 5) is 13.1. The number of rotatable bonds is 37. The van der Waals surface area contributed by atoms with Crippen LogP contribution in [0.3, 0.4) is 0 Å². The summed E-state index contributed by atoms with van der Waals surface area (Å²) < 4.78 is 11.1. The van der Waals surface area contributed by atoms with E-state index in [-0.39, 0.29) is 6.42 Å². The highest BCUT2D eigenvalue weighted by Gasteiger charge is 2.44. The molecule has 1 aliphatic rings. The highest BCUT2D eigenvalue weighted by molar-refractivity contribution is 5.80. The third kappa shape index (κ3) is 25.2. The minimum Gasteiger partial charge on any atom is -0.394 e. The molecule has 0 aromatic carbocycles. The van der Waals surface area contributed by atoms with Crippen LogP contribution in [0.25, 0.3) is 0 Å². The molecule has 1 heterocycles. The van der Waals surface area contributed by atoms with Crippen molar-refractivity contribution in [3.63, 3.8) is 0 Å². The topological polar surface area (TPSA) is 189 Å². The molecule has 1 amide bonds. The number of aliphatic hydroxyl groups is 7. The van der Waals surface area contributed by atoms with Gasteiger partial charge in [0.25, 0.3) is 0 Å². The van der Waals surface area contributed by atoms with Crippen LogP contribution in [0.4, 0.5) is 0 Å². The molecule has 1 saturated heterocycles. The van der Waals surface area contributed by atoms with Gasteiger partial charge in [0.15, 0.2) is 6.29 Å². The summed E-state index contributed by atoms with van der Waals surface area (Å²) in [6, 6.07) is -1.17. The molecule has 1 aliphatic heterocycles. The molecule has 0 bridgehead atoms. The molecule has 11 nitrogen and oxygen atoms in total. The molecule has 9 atom stereocenters. The number of carbonyl (C=O) groups excluding carboxylic acids is 1. The van der Waals surface area contributed by atoms with E-state index in [0.717, 1.165) is 64.2 Å². The van der Waals surface area contributed by atoms with E-state index in [4.69, 9.17) is 9.47 Å². The van der Waals surface area contributed by atoms with Crippen molar-refractivity contribution in [3.8, 4) is 0 Å². The van der Waals surface area contributed by atoms with E-state index in [1.54, 1.807) is 0 Å². The molecule has 1 rings (SSSR count). The Kier molecular flexibility index (Phi) is 33.4. The van der Waals surface area contributed by atoms with Gasteiger partial charge in [-0.1, -0.05) is 167 Å². The fraction of sp³-hybridized carbons (Fsp3) is 0.889. The average molecular weight is 800 g/mol. The molecule has 9 unspecified atom stereocenters. The second-order valence-electron chi connectivity index (χ2n) is 16.1. The molecule has 0 aromatic rings. The van der Waals surface area contributed by atoms with Crippen molar-refractivity contribution in [1.82, 2.24) is 5.32 Å². The van der Waals surface area contributed by atoms with Gasteiger partial charge in [0.05, 0.1) is 25.4 Å². The van der Waals surface area contributed by atoms with E-state index >= 15 is 0 Å². The van der Waals surface area contributed by atoms with E-state index < -0.39 is 74.2 Å². The van der Waals surface area contributed by atoms with Crippen LogP contribution in [0.5, 0.6) is 0 Å². The fourth-order valence-electron chi connectivity index (χ4n) is 7.18. The first-order valence-corrected chi connectivity index (χ1v) is 22.7. The van der Waals surface area contributed by atoms with Crippen LogP contribution in [0, 0.1) is 0 Å². The molecule has 330 valence electrons. The van der Waals surface area contributed by atoms with Crippen molar-refractivity contribution >= 4 is 5.91 Å². The normalized spacial score (nSPS) is 22.5. The number of ether oxygens (including phenoxy) is 2. The number of carbonyl (C=O) groups is 1. The lowest BCUT2D eigenvalue weighted by atomic mass is 9.98. The lowest BCUT2D eigenvalue weighted by molar-refractivity contribution is -0.303. The minimum atomic E-state index is -1.66. The van der Waals surface area contributed by atoms with Crippen LogP contribution >= 0.6 is 0 Å². The van der Waals surface area contributed by atoms with Gasteiger partial charge >= 0.3 is 0 Å². The van der Waals surface area contributed by atoms with Gasteiger partial charge in [0.2, 0.25) is 5.91 Å². The zero-order valence-electron chi connectivity index (χ0n) is 35.4. The first-order chi connectivity index (χ1) is 27.2. The largest absolute Gasteiger partial charge is 0.394 e. The third-order valence-corrected chi connectivity index (χ3v) is 11.0. The second kappa shape index (κ2) is 35.5. The van der Waals surface area contributed by atoms with Gasteiger partial charge in [0.1, 0.15) is 36.6 Å². The maximum Gasteiger partial charge on any atom is 0.249 e. The van der Waals surface area contributed by atoms with Crippen LogP contribution in [0.2, 0.25) is 0 Å². The second-order valence-corrected chi connectivity index (χ2v) is 16.1. The van der Waals surface area contributed by atoms with E-state index in [0.29, 0.717) is 19.3 Å². The maximum absolute atomic E-state index is 13.1. The van der Waals surface area contributed by atoms with Crippen LogP contribution in [-0.4, -0.2) is 110 Å². The highest BCUT2D eigenvalue weighted by Crippen LogP contribution is 2.23. The molecular weight excluding hydrogens is 714 g/mol. The maximum atomic E-state index is 13.1. The van der Waals surface area contributed by atoms with Crippen LogP contribution < -0.4 is 5.32 Å². The summed E-state index contributed by atoms with van der Waals surface area (Å²) in [5.74, 6) is -0.706. The van der Waals surface area contributed by atoms with E-state index in [2.05, 4.69) is 43.5 Å². The van der Waals surface area contributed by atoms with Gasteiger partial charge in [0, 0.05) is 0 Å². The SMILES string of the molecule is CCCCC/C=C\C/C=C\CCCCCCCCC(O)C(=O)NC(COC1OC(CO)C(O)C(O)C1O)C(O)C(O)CCCCCCCCCCCCCCC. The summed E-state index contributed by atoms with van der Waals surface area (Å²) in [6.45, 7) is 3.39. The summed E-state index contributed by atoms with van der Waals surface area (Å²) in [7, 11) is 0. The first kappa shape index (κ1) is 52.6. The molecule has 11 heteroatoms.